The molecule has 0 saturated carbocycles. The van der Waals surface area contributed by atoms with Gasteiger partial charge in [-0.05, 0) is 46.8 Å². The molecule has 0 aliphatic rings. The van der Waals surface area contributed by atoms with E-state index in [0.29, 0.717) is 0 Å². The molecular weight excluding hydrogens is 400 g/mol. The summed E-state index contributed by atoms with van der Waals surface area (Å²) in [6.45, 7) is 0. The number of fused-ring (bicyclic) bond motifs is 5. The van der Waals surface area contributed by atoms with Crippen molar-refractivity contribution in [3.63, 3.8) is 0 Å². The third kappa shape index (κ3) is 2.04. The van der Waals surface area contributed by atoms with E-state index in [9.17, 15) is 0 Å². The highest BCUT2D eigenvalue weighted by atomic mass is 15.0. The molecule has 33 heavy (non-hydrogen) atoms. The maximum atomic E-state index is 2.49. The number of nitrogens with zero attached hydrogens (tertiary/aromatic N) is 2. The molecule has 5 aromatic carbocycles. The van der Waals surface area contributed by atoms with Crippen LogP contribution in [0.25, 0.3) is 71.0 Å². The zero-order chi connectivity index (χ0) is 21.7. The Morgan fingerprint density at radius 2 is 1.12 bits per heavy atom. The third-order valence-electron chi connectivity index (χ3n) is 7.44. The molecule has 0 radical (unpaired) electrons. The van der Waals surface area contributed by atoms with Gasteiger partial charge in [0.05, 0.1) is 27.6 Å². The van der Waals surface area contributed by atoms with Crippen LogP contribution in [0.3, 0.4) is 0 Å². The van der Waals surface area contributed by atoms with E-state index in [-0.39, 0.29) is 0 Å². The van der Waals surface area contributed by atoms with Crippen LogP contribution in [0.15, 0.2) is 103 Å². The molecule has 0 unspecified atom stereocenters. The number of rotatable bonds is 1. The SMILES string of the molecule is Cn1c2cc(-c3ccccc3)cc3c4cccc5c6ccccc6n(c6cccc1c6c32)c45. The van der Waals surface area contributed by atoms with E-state index in [1.54, 1.807) is 0 Å². The fourth-order valence-corrected chi connectivity index (χ4v) is 6.03. The second-order valence-corrected chi connectivity index (χ2v) is 9.07. The van der Waals surface area contributed by atoms with E-state index in [1.165, 1.54) is 71.0 Å². The molecule has 0 bridgehead atoms. The lowest BCUT2D eigenvalue weighted by molar-refractivity contribution is 1.01. The molecule has 3 heterocycles. The summed E-state index contributed by atoms with van der Waals surface area (Å²) in [4.78, 5) is 0. The van der Waals surface area contributed by atoms with E-state index >= 15 is 0 Å². The number of benzene rings is 5. The number of para-hydroxylation sites is 2. The van der Waals surface area contributed by atoms with Gasteiger partial charge in [0, 0.05) is 34.0 Å². The van der Waals surface area contributed by atoms with Gasteiger partial charge in [0.2, 0.25) is 0 Å². The summed E-state index contributed by atoms with van der Waals surface area (Å²) in [6, 6.07) is 37.8. The average molecular weight is 421 g/mol. The lowest BCUT2D eigenvalue weighted by atomic mass is 9.98. The fraction of sp³-hybridized carbons (Fsp3) is 0.0323. The van der Waals surface area contributed by atoms with Crippen LogP contribution in [0.4, 0.5) is 0 Å². The minimum absolute atomic E-state index is 1.25. The van der Waals surface area contributed by atoms with Crippen molar-refractivity contribution in [1.82, 2.24) is 8.97 Å². The summed E-state index contributed by atoms with van der Waals surface area (Å²) >= 11 is 0. The van der Waals surface area contributed by atoms with Gasteiger partial charge in [0.1, 0.15) is 0 Å². The first-order valence-corrected chi connectivity index (χ1v) is 11.4. The maximum Gasteiger partial charge on any atom is 0.0619 e. The van der Waals surface area contributed by atoms with E-state index in [2.05, 4.69) is 119 Å². The second-order valence-electron chi connectivity index (χ2n) is 9.07. The Kier molecular flexibility index (Phi) is 3.11. The Morgan fingerprint density at radius 1 is 0.455 bits per heavy atom. The summed E-state index contributed by atoms with van der Waals surface area (Å²) in [5, 5.41) is 7.92. The smallest absolute Gasteiger partial charge is 0.0619 e. The largest absolute Gasteiger partial charge is 0.344 e. The number of hydrogen-bond donors (Lipinski definition) is 0. The van der Waals surface area contributed by atoms with Gasteiger partial charge in [-0.15, -0.1) is 0 Å². The van der Waals surface area contributed by atoms with Crippen LogP contribution >= 0.6 is 0 Å². The van der Waals surface area contributed by atoms with Gasteiger partial charge in [-0.1, -0.05) is 72.8 Å². The minimum atomic E-state index is 1.25. The van der Waals surface area contributed by atoms with Crippen molar-refractivity contribution in [3.05, 3.63) is 103 Å². The van der Waals surface area contributed by atoms with E-state index in [1.807, 2.05) is 0 Å². The van der Waals surface area contributed by atoms with Gasteiger partial charge in [-0.25, -0.2) is 0 Å². The summed E-state index contributed by atoms with van der Waals surface area (Å²) in [7, 11) is 2.20. The normalized spacial score (nSPS) is 12.4. The Balaban J connectivity index is 1.78. The number of hydrogen-bond acceptors (Lipinski definition) is 0. The van der Waals surface area contributed by atoms with Gasteiger partial charge < -0.3 is 8.97 Å². The molecular formula is C31H20N2. The van der Waals surface area contributed by atoms with Crippen LogP contribution in [-0.2, 0) is 7.05 Å². The first-order chi connectivity index (χ1) is 16.3. The Bertz CT molecular complexity index is 2020. The Hall–Kier alpha value is -4.30. The third-order valence-corrected chi connectivity index (χ3v) is 7.44. The number of aryl methyl sites for hydroxylation is 1. The maximum absolute atomic E-state index is 2.49. The lowest BCUT2D eigenvalue weighted by Gasteiger charge is -2.07. The summed E-state index contributed by atoms with van der Waals surface area (Å²) < 4.78 is 4.85. The minimum Gasteiger partial charge on any atom is -0.344 e. The van der Waals surface area contributed by atoms with Crippen LogP contribution in [0.2, 0.25) is 0 Å². The predicted molar refractivity (Wildman–Crippen MR) is 141 cm³/mol. The van der Waals surface area contributed by atoms with Gasteiger partial charge in [-0.3, -0.25) is 0 Å². The summed E-state index contributed by atoms with van der Waals surface area (Å²) in [5.41, 5.74) is 8.89. The highest BCUT2D eigenvalue weighted by Gasteiger charge is 2.20. The zero-order valence-electron chi connectivity index (χ0n) is 18.2. The zero-order valence-corrected chi connectivity index (χ0v) is 18.2. The summed E-state index contributed by atoms with van der Waals surface area (Å²) in [6.07, 6.45) is 0. The van der Waals surface area contributed by atoms with E-state index in [4.69, 9.17) is 0 Å². The van der Waals surface area contributed by atoms with Crippen LogP contribution in [-0.4, -0.2) is 8.97 Å². The molecule has 0 saturated heterocycles. The molecule has 0 atom stereocenters. The average Bonchev–Trinajstić information content (AvgIpc) is 3.32. The molecule has 0 aliphatic heterocycles. The number of aromatic nitrogens is 2. The van der Waals surface area contributed by atoms with Crippen LogP contribution < -0.4 is 0 Å². The molecule has 2 heteroatoms. The highest BCUT2D eigenvalue weighted by Crippen LogP contribution is 2.44. The highest BCUT2D eigenvalue weighted by molar-refractivity contribution is 6.31. The molecule has 8 aromatic rings. The van der Waals surface area contributed by atoms with Crippen LogP contribution in [0, 0.1) is 0 Å². The molecule has 0 fully saturated rings. The standard InChI is InChI=1S/C31H20N2/c1-32-26-15-8-16-27-30(26)29-24(17-20(18-28(29)32)19-9-3-2-4-10-19)23-13-7-12-22-21-11-5-6-14-25(21)33(27)31(22)23/h2-18H,1H3. The quantitative estimate of drug-likeness (QED) is 0.253. The van der Waals surface area contributed by atoms with Gasteiger partial charge in [-0.2, -0.15) is 0 Å². The Labute approximate surface area is 190 Å². The first-order valence-electron chi connectivity index (χ1n) is 11.4. The molecule has 3 aromatic heterocycles. The van der Waals surface area contributed by atoms with Crippen molar-refractivity contribution in [1.29, 1.82) is 0 Å². The topological polar surface area (TPSA) is 9.34 Å². The molecule has 0 N–H and O–H groups in total. The van der Waals surface area contributed by atoms with Crippen LogP contribution in [0.1, 0.15) is 0 Å². The van der Waals surface area contributed by atoms with Crippen molar-refractivity contribution >= 4 is 59.9 Å². The lowest BCUT2D eigenvalue weighted by Crippen LogP contribution is -1.89. The summed E-state index contributed by atoms with van der Waals surface area (Å²) in [5.74, 6) is 0. The molecule has 154 valence electrons. The molecule has 0 amide bonds. The molecule has 0 aliphatic carbocycles. The van der Waals surface area contributed by atoms with E-state index < -0.39 is 0 Å². The van der Waals surface area contributed by atoms with Crippen molar-refractivity contribution in [2.45, 2.75) is 0 Å². The Morgan fingerprint density at radius 3 is 2.00 bits per heavy atom. The van der Waals surface area contributed by atoms with Crippen LogP contribution in [0.5, 0.6) is 0 Å². The van der Waals surface area contributed by atoms with Gasteiger partial charge >= 0.3 is 0 Å². The first kappa shape index (κ1) is 17.3. The molecule has 2 nitrogen and oxygen atoms in total. The molecule has 8 rings (SSSR count). The van der Waals surface area contributed by atoms with Crippen molar-refractivity contribution in [2.24, 2.45) is 7.05 Å². The monoisotopic (exact) mass is 420 g/mol. The second kappa shape index (κ2) is 5.93. The van der Waals surface area contributed by atoms with Crippen molar-refractivity contribution in [3.8, 4) is 11.1 Å². The van der Waals surface area contributed by atoms with Gasteiger partial charge in [0.15, 0.2) is 0 Å². The van der Waals surface area contributed by atoms with E-state index in [0.717, 1.165) is 0 Å². The van der Waals surface area contributed by atoms with Crippen molar-refractivity contribution < 1.29 is 0 Å². The fourth-order valence-electron chi connectivity index (χ4n) is 6.03. The van der Waals surface area contributed by atoms with Crippen molar-refractivity contribution in [2.75, 3.05) is 0 Å². The molecule has 0 spiro atoms. The van der Waals surface area contributed by atoms with Gasteiger partial charge in [0.25, 0.3) is 0 Å². The predicted octanol–water partition coefficient (Wildman–Crippen LogP) is 8.15.